The van der Waals surface area contributed by atoms with E-state index in [1.54, 1.807) is 0 Å². The van der Waals surface area contributed by atoms with E-state index in [1.165, 1.54) is 12.7 Å². The number of rotatable bonds is 4. The van der Waals surface area contributed by atoms with Crippen molar-refractivity contribution < 1.29 is 9.53 Å². The van der Waals surface area contributed by atoms with Gasteiger partial charge >= 0.3 is 5.97 Å². The van der Waals surface area contributed by atoms with Gasteiger partial charge in [0.15, 0.2) is 0 Å². The fraction of sp³-hybridized carbons (Fsp3) is 0.214. The van der Waals surface area contributed by atoms with Crippen LogP contribution in [0.2, 0.25) is 0 Å². The number of benzene rings is 3. The van der Waals surface area contributed by atoms with Crippen molar-refractivity contribution in [1.29, 1.82) is 0 Å². The van der Waals surface area contributed by atoms with Crippen LogP contribution in [0.25, 0.3) is 22.2 Å². The number of methoxy groups -OCH3 is 1. The number of fused-ring (bicyclic) bond motifs is 1. The predicted octanol–water partition coefficient (Wildman–Crippen LogP) is 6.50. The molecule has 0 spiro atoms. The van der Waals surface area contributed by atoms with Crippen LogP contribution in [0.15, 0.2) is 84.9 Å². The summed E-state index contributed by atoms with van der Waals surface area (Å²) in [6, 6.07) is 28.3. The molecule has 0 radical (unpaired) electrons. The fourth-order valence-electron chi connectivity index (χ4n) is 3.94. The minimum atomic E-state index is -0.522. The number of pyridine rings is 1. The maximum absolute atomic E-state index is 12.9. The molecule has 0 aliphatic rings. The topological polar surface area (TPSA) is 39.2 Å². The molecule has 3 nitrogen and oxygen atoms in total. The zero-order valence-corrected chi connectivity index (χ0v) is 18.4. The summed E-state index contributed by atoms with van der Waals surface area (Å²) in [6.07, 6.45) is 0. The second-order valence-electron chi connectivity index (χ2n) is 8.81. The number of hydrogen-bond donors (Lipinski definition) is 0. The van der Waals surface area contributed by atoms with Crippen LogP contribution in [0.3, 0.4) is 0 Å². The summed E-state index contributed by atoms with van der Waals surface area (Å²) < 4.78 is 5.21. The van der Waals surface area contributed by atoms with Gasteiger partial charge in [-0.15, -0.1) is 0 Å². The van der Waals surface area contributed by atoms with Crippen LogP contribution in [0.4, 0.5) is 0 Å². The Kier molecular flexibility index (Phi) is 5.60. The first-order valence-corrected chi connectivity index (χ1v) is 10.5. The van der Waals surface area contributed by atoms with Crippen LogP contribution in [-0.4, -0.2) is 18.1 Å². The molecule has 4 rings (SSSR count). The Bertz CT molecular complexity index is 1210. The highest BCUT2D eigenvalue weighted by Gasteiger charge is 2.26. The van der Waals surface area contributed by atoms with E-state index in [1.807, 2.05) is 60.7 Å². The summed E-state index contributed by atoms with van der Waals surface area (Å²) in [7, 11) is 1.44. The summed E-state index contributed by atoms with van der Waals surface area (Å²) in [6.45, 7) is 6.61. The highest BCUT2D eigenvalue weighted by atomic mass is 16.5. The molecule has 0 bridgehead atoms. The van der Waals surface area contributed by atoms with Crippen molar-refractivity contribution in [1.82, 2.24) is 4.98 Å². The van der Waals surface area contributed by atoms with Crippen molar-refractivity contribution in [3.05, 3.63) is 102 Å². The van der Waals surface area contributed by atoms with E-state index in [0.717, 1.165) is 33.3 Å². The molecule has 1 atom stereocenters. The molecule has 156 valence electrons. The fourth-order valence-corrected chi connectivity index (χ4v) is 3.94. The van der Waals surface area contributed by atoms with Crippen molar-refractivity contribution in [2.45, 2.75) is 32.1 Å². The molecule has 1 aromatic heterocycles. The Morgan fingerprint density at radius 3 is 2.16 bits per heavy atom. The Balaban J connectivity index is 1.92. The number of esters is 1. The van der Waals surface area contributed by atoms with Crippen LogP contribution in [0.5, 0.6) is 0 Å². The van der Waals surface area contributed by atoms with Crippen molar-refractivity contribution in [3.63, 3.8) is 0 Å². The van der Waals surface area contributed by atoms with Crippen LogP contribution >= 0.6 is 0 Å². The lowest BCUT2D eigenvalue weighted by atomic mass is 9.86. The van der Waals surface area contributed by atoms with E-state index in [-0.39, 0.29) is 11.4 Å². The second-order valence-corrected chi connectivity index (χ2v) is 8.81. The van der Waals surface area contributed by atoms with Crippen molar-refractivity contribution in [2.75, 3.05) is 7.11 Å². The first-order valence-electron chi connectivity index (χ1n) is 10.5. The summed E-state index contributed by atoms with van der Waals surface area (Å²) in [5.41, 5.74) is 5.90. The highest BCUT2D eigenvalue weighted by Crippen LogP contribution is 2.35. The van der Waals surface area contributed by atoms with Crippen molar-refractivity contribution in [2.24, 2.45) is 0 Å². The summed E-state index contributed by atoms with van der Waals surface area (Å²) in [5.74, 6) is -0.803. The maximum atomic E-state index is 12.9. The molecule has 0 N–H and O–H groups in total. The molecular weight excluding hydrogens is 382 g/mol. The summed E-state index contributed by atoms with van der Waals surface area (Å²) in [5, 5.41) is 0.955. The maximum Gasteiger partial charge on any atom is 0.317 e. The first kappa shape index (κ1) is 20.8. The Labute approximate surface area is 183 Å². The summed E-state index contributed by atoms with van der Waals surface area (Å²) >= 11 is 0. The molecule has 0 amide bonds. The monoisotopic (exact) mass is 409 g/mol. The van der Waals surface area contributed by atoms with Crippen LogP contribution < -0.4 is 0 Å². The van der Waals surface area contributed by atoms with Gasteiger partial charge in [-0.25, -0.2) is 4.98 Å². The SMILES string of the molecule is COC(=O)C(c1ccccc1)c1cc(-c2ccc(C(C)(C)C)cc2)nc2ccccc12. The number of ether oxygens (including phenoxy) is 1. The lowest BCUT2D eigenvalue weighted by molar-refractivity contribution is -0.141. The van der Waals surface area contributed by atoms with Gasteiger partial charge in [0.05, 0.1) is 18.3 Å². The summed E-state index contributed by atoms with van der Waals surface area (Å²) in [4.78, 5) is 17.8. The van der Waals surface area contributed by atoms with Crippen molar-refractivity contribution >= 4 is 16.9 Å². The molecule has 1 unspecified atom stereocenters. The smallest absolute Gasteiger partial charge is 0.317 e. The number of carbonyl (C=O) groups excluding carboxylic acids is 1. The Morgan fingerprint density at radius 2 is 1.52 bits per heavy atom. The number of aromatic nitrogens is 1. The molecule has 4 aromatic rings. The van der Waals surface area contributed by atoms with E-state index in [2.05, 4.69) is 45.0 Å². The van der Waals surface area contributed by atoms with Gasteiger partial charge in [-0.3, -0.25) is 4.79 Å². The van der Waals surface area contributed by atoms with Gasteiger partial charge in [-0.1, -0.05) is 93.6 Å². The van der Waals surface area contributed by atoms with Gasteiger partial charge in [0.2, 0.25) is 0 Å². The van der Waals surface area contributed by atoms with Crippen molar-refractivity contribution in [3.8, 4) is 11.3 Å². The third-order valence-electron chi connectivity index (χ3n) is 5.68. The van der Waals surface area contributed by atoms with E-state index < -0.39 is 5.92 Å². The molecule has 3 aromatic carbocycles. The molecule has 0 aliphatic carbocycles. The number of para-hydroxylation sites is 1. The normalized spacial score (nSPS) is 12.5. The highest BCUT2D eigenvalue weighted by molar-refractivity contribution is 5.93. The van der Waals surface area contributed by atoms with Crippen LogP contribution in [0.1, 0.15) is 43.4 Å². The molecule has 31 heavy (non-hydrogen) atoms. The average molecular weight is 410 g/mol. The predicted molar refractivity (Wildman–Crippen MR) is 126 cm³/mol. The Hall–Kier alpha value is -3.46. The third kappa shape index (κ3) is 4.22. The van der Waals surface area contributed by atoms with E-state index >= 15 is 0 Å². The van der Waals surface area contributed by atoms with Gasteiger partial charge in [0, 0.05) is 10.9 Å². The number of nitrogens with zero attached hydrogens (tertiary/aromatic N) is 1. The van der Waals surface area contributed by atoms with Gasteiger partial charge in [0.1, 0.15) is 5.92 Å². The van der Waals surface area contributed by atoms with E-state index in [0.29, 0.717) is 0 Å². The van der Waals surface area contributed by atoms with E-state index in [9.17, 15) is 4.79 Å². The molecule has 1 heterocycles. The third-order valence-corrected chi connectivity index (χ3v) is 5.68. The minimum Gasteiger partial charge on any atom is -0.468 e. The van der Waals surface area contributed by atoms with Crippen LogP contribution in [-0.2, 0) is 14.9 Å². The quantitative estimate of drug-likeness (QED) is 0.361. The second kappa shape index (κ2) is 8.35. The molecule has 0 fully saturated rings. The van der Waals surface area contributed by atoms with Gasteiger partial charge in [-0.05, 0) is 34.2 Å². The lowest BCUT2D eigenvalue weighted by Crippen LogP contribution is -2.16. The van der Waals surface area contributed by atoms with Crippen LogP contribution in [0, 0.1) is 0 Å². The molecular formula is C28H27NO2. The Morgan fingerprint density at radius 1 is 0.871 bits per heavy atom. The number of carbonyl (C=O) groups is 1. The average Bonchev–Trinajstić information content (AvgIpc) is 2.79. The zero-order valence-electron chi connectivity index (χ0n) is 18.4. The van der Waals surface area contributed by atoms with Gasteiger partial charge in [0.25, 0.3) is 0 Å². The number of hydrogen-bond acceptors (Lipinski definition) is 3. The lowest BCUT2D eigenvalue weighted by Gasteiger charge is -2.20. The minimum absolute atomic E-state index is 0.0871. The zero-order chi connectivity index (χ0) is 22.0. The van der Waals surface area contributed by atoms with Gasteiger partial charge < -0.3 is 4.74 Å². The molecule has 0 saturated carbocycles. The largest absolute Gasteiger partial charge is 0.468 e. The van der Waals surface area contributed by atoms with E-state index in [4.69, 9.17) is 9.72 Å². The first-order chi connectivity index (χ1) is 14.9. The molecule has 3 heteroatoms. The standard InChI is InChI=1S/C28H27NO2/c1-28(2,3)21-16-14-19(15-17-21)25-18-23(22-12-8-9-13-24(22)29-25)26(27(30)31-4)20-10-6-5-7-11-20/h5-18,26H,1-4H3. The van der Waals surface area contributed by atoms with Gasteiger partial charge in [-0.2, -0.15) is 0 Å². The molecule has 0 saturated heterocycles. The molecule has 0 aliphatic heterocycles.